The molecule has 1 saturated heterocycles. The summed E-state index contributed by atoms with van der Waals surface area (Å²) in [6, 6.07) is 7.21. The molecule has 1 aliphatic rings. The Hall–Kier alpha value is -1.39. The number of rotatable bonds is 7. The lowest BCUT2D eigenvalue weighted by atomic mass is 10.1. The molecule has 110 valence electrons. The number of carbonyl (C=O) groups is 1. The molecule has 0 aromatic heterocycles. The second-order valence-corrected chi connectivity index (χ2v) is 5.65. The Morgan fingerprint density at radius 1 is 1.35 bits per heavy atom. The molecular formula is C16H24N2O2. The van der Waals surface area contributed by atoms with Crippen molar-refractivity contribution in [2.45, 2.75) is 25.8 Å². The highest BCUT2D eigenvalue weighted by atomic mass is 16.4. The zero-order valence-electron chi connectivity index (χ0n) is 12.2. The van der Waals surface area contributed by atoms with Gasteiger partial charge in [-0.3, -0.25) is 0 Å². The molecule has 1 fully saturated rings. The Bertz CT molecular complexity index is 442. The van der Waals surface area contributed by atoms with Crippen molar-refractivity contribution in [3.05, 3.63) is 35.4 Å². The van der Waals surface area contributed by atoms with Crippen molar-refractivity contribution < 1.29 is 9.90 Å². The normalized spacial score (nSPS) is 15.9. The van der Waals surface area contributed by atoms with Gasteiger partial charge in [-0.05, 0) is 70.2 Å². The van der Waals surface area contributed by atoms with Gasteiger partial charge in [0.25, 0.3) is 0 Å². The van der Waals surface area contributed by atoms with Crippen molar-refractivity contribution in [2.75, 3.05) is 33.2 Å². The summed E-state index contributed by atoms with van der Waals surface area (Å²) >= 11 is 0. The number of benzene rings is 1. The molecule has 0 radical (unpaired) electrons. The Morgan fingerprint density at radius 3 is 2.80 bits per heavy atom. The third-order valence-corrected chi connectivity index (χ3v) is 3.84. The molecule has 0 amide bonds. The van der Waals surface area contributed by atoms with Gasteiger partial charge in [-0.25, -0.2) is 4.79 Å². The summed E-state index contributed by atoms with van der Waals surface area (Å²) in [6.07, 6.45) is 3.87. The highest BCUT2D eigenvalue weighted by Crippen LogP contribution is 2.10. The van der Waals surface area contributed by atoms with Crippen LogP contribution in [0.15, 0.2) is 24.3 Å². The molecule has 0 unspecified atom stereocenters. The minimum Gasteiger partial charge on any atom is -0.478 e. The van der Waals surface area contributed by atoms with Crippen LogP contribution in [0.4, 0.5) is 0 Å². The molecule has 2 rings (SSSR count). The zero-order valence-corrected chi connectivity index (χ0v) is 12.2. The zero-order chi connectivity index (χ0) is 14.4. The third-order valence-electron chi connectivity index (χ3n) is 3.84. The number of hydrogen-bond donors (Lipinski definition) is 1. The van der Waals surface area contributed by atoms with Crippen LogP contribution >= 0.6 is 0 Å². The van der Waals surface area contributed by atoms with E-state index in [4.69, 9.17) is 5.11 Å². The molecule has 20 heavy (non-hydrogen) atoms. The molecule has 0 bridgehead atoms. The molecule has 0 atom stereocenters. The van der Waals surface area contributed by atoms with Gasteiger partial charge in [0.1, 0.15) is 0 Å². The molecule has 1 heterocycles. The van der Waals surface area contributed by atoms with E-state index in [1.165, 1.54) is 38.9 Å². The van der Waals surface area contributed by atoms with E-state index in [1.807, 2.05) is 12.1 Å². The van der Waals surface area contributed by atoms with Gasteiger partial charge in [0, 0.05) is 6.54 Å². The monoisotopic (exact) mass is 276 g/mol. The van der Waals surface area contributed by atoms with Crippen molar-refractivity contribution in [2.24, 2.45) is 0 Å². The lowest BCUT2D eigenvalue weighted by Gasteiger charge is -2.19. The molecule has 1 aromatic rings. The smallest absolute Gasteiger partial charge is 0.335 e. The first-order valence-electron chi connectivity index (χ1n) is 7.38. The molecule has 4 nitrogen and oxygen atoms in total. The number of likely N-dealkylation sites (tertiary alicyclic amines) is 1. The van der Waals surface area contributed by atoms with Crippen LogP contribution < -0.4 is 0 Å². The van der Waals surface area contributed by atoms with Crippen molar-refractivity contribution >= 4 is 5.97 Å². The number of carboxylic acids is 1. The Balaban J connectivity index is 1.74. The predicted molar refractivity (Wildman–Crippen MR) is 80.0 cm³/mol. The fourth-order valence-electron chi connectivity index (χ4n) is 2.76. The highest BCUT2D eigenvalue weighted by Gasteiger charge is 2.11. The molecule has 1 aliphatic heterocycles. The second-order valence-electron chi connectivity index (χ2n) is 5.65. The maximum absolute atomic E-state index is 10.9. The molecule has 4 heteroatoms. The first kappa shape index (κ1) is 15.0. The van der Waals surface area contributed by atoms with Crippen LogP contribution in [-0.4, -0.2) is 54.1 Å². The molecule has 0 saturated carbocycles. The second kappa shape index (κ2) is 7.41. The van der Waals surface area contributed by atoms with Gasteiger partial charge < -0.3 is 14.9 Å². The van der Waals surface area contributed by atoms with E-state index in [2.05, 4.69) is 16.8 Å². The van der Waals surface area contributed by atoms with Gasteiger partial charge in [0.2, 0.25) is 0 Å². The predicted octanol–water partition coefficient (Wildman–Crippen LogP) is 2.30. The van der Waals surface area contributed by atoms with Crippen molar-refractivity contribution in [1.29, 1.82) is 0 Å². The standard InChI is InChI=1S/C16H24N2O2/c1-17(8-5-11-18-9-2-3-10-18)13-14-6-4-7-15(12-14)16(19)20/h4,6-7,12H,2-3,5,8-11,13H2,1H3,(H,19,20). The lowest BCUT2D eigenvalue weighted by molar-refractivity contribution is 0.0696. The minimum absolute atomic E-state index is 0.368. The Morgan fingerprint density at radius 2 is 2.10 bits per heavy atom. The largest absolute Gasteiger partial charge is 0.478 e. The van der Waals surface area contributed by atoms with E-state index < -0.39 is 5.97 Å². The summed E-state index contributed by atoms with van der Waals surface area (Å²) < 4.78 is 0. The summed E-state index contributed by atoms with van der Waals surface area (Å²) in [5.41, 5.74) is 1.43. The molecule has 0 spiro atoms. The maximum atomic E-state index is 10.9. The maximum Gasteiger partial charge on any atom is 0.335 e. The molecule has 1 aromatic carbocycles. The van der Waals surface area contributed by atoms with E-state index in [9.17, 15) is 4.79 Å². The van der Waals surface area contributed by atoms with Gasteiger partial charge in [-0.2, -0.15) is 0 Å². The fourth-order valence-corrected chi connectivity index (χ4v) is 2.76. The lowest BCUT2D eigenvalue weighted by Crippen LogP contribution is -2.26. The summed E-state index contributed by atoms with van der Waals surface area (Å²) in [5, 5.41) is 8.99. The van der Waals surface area contributed by atoms with E-state index in [0.29, 0.717) is 5.56 Å². The number of aromatic carboxylic acids is 1. The van der Waals surface area contributed by atoms with Gasteiger partial charge in [-0.15, -0.1) is 0 Å². The average Bonchev–Trinajstić information content (AvgIpc) is 2.92. The topological polar surface area (TPSA) is 43.8 Å². The van der Waals surface area contributed by atoms with Crippen molar-refractivity contribution in [3.8, 4) is 0 Å². The Kier molecular flexibility index (Phi) is 5.56. The summed E-state index contributed by atoms with van der Waals surface area (Å²) in [5.74, 6) is -0.858. The summed E-state index contributed by atoms with van der Waals surface area (Å²) in [7, 11) is 2.09. The van der Waals surface area contributed by atoms with Crippen LogP contribution in [0.3, 0.4) is 0 Å². The van der Waals surface area contributed by atoms with Gasteiger partial charge >= 0.3 is 5.97 Å². The van der Waals surface area contributed by atoms with E-state index >= 15 is 0 Å². The summed E-state index contributed by atoms with van der Waals surface area (Å²) in [4.78, 5) is 15.7. The Labute approximate surface area is 121 Å². The van der Waals surface area contributed by atoms with Crippen LogP contribution in [0.5, 0.6) is 0 Å². The molecule has 1 N–H and O–H groups in total. The highest BCUT2D eigenvalue weighted by molar-refractivity contribution is 5.87. The van der Waals surface area contributed by atoms with Crippen molar-refractivity contribution in [3.63, 3.8) is 0 Å². The van der Waals surface area contributed by atoms with Crippen LogP contribution in [0, 0.1) is 0 Å². The minimum atomic E-state index is -0.858. The number of carboxylic acid groups (broad SMARTS) is 1. The summed E-state index contributed by atoms with van der Waals surface area (Å²) in [6.45, 7) is 5.54. The van der Waals surface area contributed by atoms with Crippen LogP contribution in [0.25, 0.3) is 0 Å². The number of hydrogen-bond acceptors (Lipinski definition) is 3. The van der Waals surface area contributed by atoms with E-state index in [-0.39, 0.29) is 0 Å². The fraction of sp³-hybridized carbons (Fsp3) is 0.562. The average molecular weight is 276 g/mol. The van der Waals surface area contributed by atoms with E-state index in [1.54, 1.807) is 12.1 Å². The number of nitrogens with zero attached hydrogens (tertiary/aromatic N) is 2. The van der Waals surface area contributed by atoms with Crippen LogP contribution in [0.2, 0.25) is 0 Å². The molecular weight excluding hydrogens is 252 g/mol. The first-order valence-corrected chi connectivity index (χ1v) is 7.38. The van der Waals surface area contributed by atoms with E-state index in [0.717, 1.165) is 18.7 Å². The first-order chi connectivity index (χ1) is 9.65. The SMILES string of the molecule is CN(CCCN1CCCC1)Cc1cccc(C(=O)O)c1. The van der Waals surface area contributed by atoms with Gasteiger partial charge in [0.15, 0.2) is 0 Å². The van der Waals surface area contributed by atoms with Crippen LogP contribution in [-0.2, 0) is 6.54 Å². The van der Waals surface area contributed by atoms with Gasteiger partial charge in [-0.1, -0.05) is 12.1 Å². The van der Waals surface area contributed by atoms with Crippen LogP contribution in [0.1, 0.15) is 35.2 Å². The van der Waals surface area contributed by atoms with Crippen molar-refractivity contribution in [1.82, 2.24) is 9.80 Å². The van der Waals surface area contributed by atoms with Gasteiger partial charge in [0.05, 0.1) is 5.56 Å². The quantitative estimate of drug-likeness (QED) is 0.830. The molecule has 0 aliphatic carbocycles. The third kappa shape index (κ3) is 4.62.